The summed E-state index contributed by atoms with van der Waals surface area (Å²) in [5, 5.41) is 7.34. The van der Waals surface area contributed by atoms with Gasteiger partial charge in [0.15, 0.2) is 0 Å². The van der Waals surface area contributed by atoms with E-state index in [1.54, 1.807) is 0 Å². The van der Waals surface area contributed by atoms with Gasteiger partial charge in [-0.3, -0.25) is 0 Å². The molecule has 0 aliphatic carbocycles. The van der Waals surface area contributed by atoms with E-state index in [0.717, 1.165) is 78.8 Å². The van der Waals surface area contributed by atoms with Crippen molar-refractivity contribution in [2.24, 2.45) is 0 Å². The Hall–Kier alpha value is -8.12. The zero-order valence-corrected chi connectivity index (χ0v) is 40.2. The van der Waals surface area contributed by atoms with Gasteiger partial charge in [0.1, 0.15) is 0 Å². The third kappa shape index (κ3) is 4.88. The third-order valence-corrected chi connectivity index (χ3v) is 24.9. The van der Waals surface area contributed by atoms with Crippen LogP contribution in [0.4, 0.5) is 17.1 Å². The van der Waals surface area contributed by atoms with Gasteiger partial charge in [0, 0.05) is 0 Å². The molecule has 0 N–H and O–H groups in total. The van der Waals surface area contributed by atoms with Crippen LogP contribution in [-0.2, 0) is 0 Å². The topological polar surface area (TPSA) is 36.5 Å². The number of para-hydroxylation sites is 6. The summed E-state index contributed by atoms with van der Waals surface area (Å²) in [6, 6.07) is 75.6. The second-order valence-electron chi connectivity index (χ2n) is 18.2. The van der Waals surface area contributed by atoms with Crippen molar-refractivity contribution in [1.29, 1.82) is 0 Å². The molecule has 6 heterocycles. The molecule has 0 atom stereocenters. The molecule has 3 aromatic heterocycles. The number of benzene rings is 10. The SMILES string of the molecule is Cc1ccc(N2c3cc(-n4c5ccccc5c5ccccc54)cc4[c]3[Bi]3[c]5c(cc(-n6c7ccccc7c7ccccc76)cc5Oc5cc(-n6c7ccccc7c7ccccc76)cc2[c]53)O4)cc1. The number of fused-ring (bicyclic) bond motifs is 9. The van der Waals surface area contributed by atoms with Crippen molar-refractivity contribution in [3.63, 3.8) is 0 Å². The summed E-state index contributed by atoms with van der Waals surface area (Å²) in [4.78, 5) is 2.51. The zero-order chi connectivity index (χ0) is 44.4. The van der Waals surface area contributed by atoms with Gasteiger partial charge < -0.3 is 0 Å². The molecule has 0 fully saturated rings. The van der Waals surface area contributed by atoms with E-state index in [4.69, 9.17) is 9.47 Å². The average Bonchev–Trinajstić information content (AvgIpc) is 4.02. The first-order valence-corrected chi connectivity index (χ1v) is 28.4. The van der Waals surface area contributed by atoms with Gasteiger partial charge >= 0.3 is 401 Å². The van der Waals surface area contributed by atoms with Crippen LogP contribution < -0.4 is 24.2 Å². The molecule has 0 amide bonds. The minimum atomic E-state index is -3.31. The van der Waals surface area contributed by atoms with E-state index >= 15 is 0 Å². The molecule has 7 heteroatoms. The van der Waals surface area contributed by atoms with Crippen LogP contribution in [0.15, 0.2) is 206 Å². The van der Waals surface area contributed by atoms with Gasteiger partial charge in [0.2, 0.25) is 0 Å². The molecular weight excluding hydrogens is 1030 g/mol. The summed E-state index contributed by atoms with van der Waals surface area (Å²) in [6.07, 6.45) is 0. The summed E-state index contributed by atoms with van der Waals surface area (Å²) in [5.41, 5.74) is 14.7. The summed E-state index contributed by atoms with van der Waals surface area (Å²) >= 11 is -3.31. The van der Waals surface area contributed by atoms with E-state index in [9.17, 15) is 0 Å². The number of aryl methyl sites for hydroxylation is 1. The fourth-order valence-corrected chi connectivity index (χ4v) is 22.5. The van der Waals surface area contributed by atoms with Crippen molar-refractivity contribution >= 4 is 114 Å². The van der Waals surface area contributed by atoms with Crippen LogP contribution in [0.5, 0.6) is 23.0 Å². The van der Waals surface area contributed by atoms with Crippen molar-refractivity contribution in [3.05, 3.63) is 212 Å². The van der Waals surface area contributed by atoms with E-state index in [2.05, 4.69) is 232 Å². The van der Waals surface area contributed by atoms with Gasteiger partial charge in [0.25, 0.3) is 0 Å². The van der Waals surface area contributed by atoms with Crippen LogP contribution in [0.3, 0.4) is 0 Å². The molecule has 318 valence electrons. The molecule has 0 bridgehead atoms. The van der Waals surface area contributed by atoms with Gasteiger partial charge in [-0.05, 0) is 0 Å². The molecule has 0 saturated carbocycles. The number of hydrogen-bond donors (Lipinski definition) is 0. The quantitative estimate of drug-likeness (QED) is 0.165. The van der Waals surface area contributed by atoms with Crippen LogP contribution in [0.25, 0.3) is 82.5 Å². The van der Waals surface area contributed by atoms with E-state index in [-0.39, 0.29) is 0 Å². The Balaban J connectivity index is 1.04. The average molecular weight is 1070 g/mol. The number of hydrogen-bond acceptors (Lipinski definition) is 3. The number of anilines is 3. The monoisotopic (exact) mass is 1070 g/mol. The molecule has 3 aliphatic rings. The maximum absolute atomic E-state index is 7.47. The maximum atomic E-state index is 7.47. The normalized spacial score (nSPS) is 13.5. The van der Waals surface area contributed by atoms with Crippen molar-refractivity contribution in [1.82, 2.24) is 13.7 Å². The summed E-state index contributed by atoms with van der Waals surface area (Å²) < 4.78 is 26.1. The van der Waals surface area contributed by atoms with Crippen LogP contribution in [0.1, 0.15) is 5.56 Å². The fourth-order valence-electron chi connectivity index (χ4n) is 11.7. The van der Waals surface area contributed by atoms with Crippen LogP contribution in [0.2, 0.25) is 0 Å². The Morgan fingerprint density at radius 2 is 0.603 bits per heavy atom. The molecule has 0 saturated heterocycles. The summed E-state index contributed by atoms with van der Waals surface area (Å²) in [6.45, 7) is 2.16. The van der Waals surface area contributed by atoms with Crippen molar-refractivity contribution in [2.75, 3.05) is 4.90 Å². The molecule has 13 aromatic rings. The molecule has 68 heavy (non-hydrogen) atoms. The first-order valence-electron chi connectivity index (χ1n) is 23.2. The molecule has 3 aliphatic heterocycles. The summed E-state index contributed by atoms with van der Waals surface area (Å²) in [5.74, 6) is 3.64. The predicted octanol–water partition coefficient (Wildman–Crippen LogP) is 13.8. The van der Waals surface area contributed by atoms with E-state index < -0.39 is 21.8 Å². The van der Waals surface area contributed by atoms with Crippen molar-refractivity contribution in [2.45, 2.75) is 6.92 Å². The molecule has 0 radical (unpaired) electrons. The standard InChI is InChI=1S/C61H37N4O2.Bi/c1-39-26-28-40(29-27-39)62-41-30-43(63-56-20-8-2-14-50(56)51-15-3-9-21-57(51)63)34-46(32-41)66-48-36-45(65-60-24-12-6-18-54(60)55-19-7-13-25-61(55)65)37-49(38-48)67-47-33-42(62)31-44(35-47)64-58-22-10-4-16-52(58)53-17-5-11-23-59(53)64;/h2-31,34-37H,1H3;. The van der Waals surface area contributed by atoms with Crippen LogP contribution in [-0.4, -0.2) is 35.5 Å². The third-order valence-electron chi connectivity index (χ3n) is 14.5. The predicted molar refractivity (Wildman–Crippen MR) is 280 cm³/mol. The number of nitrogens with zero attached hydrogens (tertiary/aromatic N) is 4. The Labute approximate surface area is 398 Å². The van der Waals surface area contributed by atoms with Gasteiger partial charge in [0.05, 0.1) is 0 Å². The first kappa shape index (κ1) is 37.0. The van der Waals surface area contributed by atoms with Gasteiger partial charge in [-0.15, -0.1) is 0 Å². The zero-order valence-electron chi connectivity index (χ0n) is 36.7. The van der Waals surface area contributed by atoms with Gasteiger partial charge in [-0.25, -0.2) is 0 Å². The van der Waals surface area contributed by atoms with Crippen LogP contribution >= 0.6 is 0 Å². The number of rotatable bonds is 4. The molecule has 0 unspecified atom stereocenters. The minimum absolute atomic E-state index is 0.891. The molecule has 0 spiro atoms. The summed E-state index contributed by atoms with van der Waals surface area (Å²) in [7, 11) is 0. The van der Waals surface area contributed by atoms with Gasteiger partial charge in [-0.2, -0.15) is 0 Å². The first-order chi connectivity index (χ1) is 33.6. The number of ether oxygens (including phenoxy) is 2. The fraction of sp³-hybridized carbons (Fsp3) is 0.0164. The Morgan fingerprint density at radius 3 is 0.941 bits per heavy atom. The van der Waals surface area contributed by atoms with E-state index in [1.807, 2.05) is 0 Å². The Kier molecular flexibility index (Phi) is 7.35. The molecule has 10 aromatic carbocycles. The van der Waals surface area contributed by atoms with Gasteiger partial charge in [-0.1, -0.05) is 0 Å². The number of aromatic nitrogens is 3. The second-order valence-corrected chi connectivity index (χ2v) is 26.1. The van der Waals surface area contributed by atoms with E-state index in [1.165, 1.54) is 59.1 Å². The van der Waals surface area contributed by atoms with E-state index in [0.29, 0.717) is 0 Å². The van der Waals surface area contributed by atoms with Crippen molar-refractivity contribution < 1.29 is 9.47 Å². The molecule has 6 nitrogen and oxygen atoms in total. The Bertz CT molecular complexity index is 4010. The van der Waals surface area contributed by atoms with Crippen molar-refractivity contribution in [3.8, 4) is 40.1 Å². The Morgan fingerprint density at radius 1 is 0.309 bits per heavy atom. The second kappa shape index (κ2) is 13.5. The molecular formula is C61H37BiN4O2. The molecule has 16 rings (SSSR count). The van der Waals surface area contributed by atoms with Crippen LogP contribution in [0, 0.1) is 6.92 Å².